The minimum Gasteiger partial charge on any atom is -0.459 e. The Morgan fingerprint density at radius 3 is 2.71 bits per heavy atom. The second kappa shape index (κ2) is 7.49. The zero-order chi connectivity index (χ0) is 16.9. The van der Waals surface area contributed by atoms with Gasteiger partial charge in [0.25, 0.3) is 5.91 Å². The number of furan rings is 1. The molecule has 0 unspecified atom stereocenters. The van der Waals surface area contributed by atoms with Crippen LogP contribution < -0.4 is 15.5 Å². The molecule has 5 nitrogen and oxygen atoms in total. The number of piperidine rings is 1. The predicted molar refractivity (Wildman–Crippen MR) is 99.5 cm³/mol. The molecule has 1 aliphatic rings. The number of rotatable bonds is 3. The van der Waals surface area contributed by atoms with Gasteiger partial charge in [-0.1, -0.05) is 0 Å². The van der Waals surface area contributed by atoms with E-state index in [4.69, 9.17) is 16.6 Å². The Bertz CT molecular complexity index is 698. The number of nitrogens with one attached hydrogen (secondary N) is 2. The van der Waals surface area contributed by atoms with Crippen molar-refractivity contribution in [3.63, 3.8) is 0 Å². The molecule has 0 saturated carbocycles. The first kappa shape index (κ1) is 16.5. The molecule has 1 saturated heterocycles. The van der Waals surface area contributed by atoms with Crippen LogP contribution in [0.2, 0.25) is 0 Å². The molecule has 1 aliphatic heterocycles. The molecule has 1 aromatic carbocycles. The maximum Gasteiger partial charge on any atom is 0.293 e. The van der Waals surface area contributed by atoms with Crippen LogP contribution in [0.1, 0.15) is 36.7 Å². The number of nitrogens with zero attached hydrogens (tertiary/aromatic N) is 1. The molecule has 126 valence electrons. The SMILES string of the molecule is C[C@@H]1CCCCN1c1ccc(NC(=S)NC(=O)c2ccco2)cc1. The van der Waals surface area contributed by atoms with E-state index in [1.165, 1.54) is 31.2 Å². The summed E-state index contributed by atoms with van der Waals surface area (Å²) < 4.78 is 5.03. The topological polar surface area (TPSA) is 57.5 Å². The van der Waals surface area contributed by atoms with Crippen molar-refractivity contribution in [2.45, 2.75) is 32.2 Å². The predicted octanol–water partition coefficient (Wildman–Crippen LogP) is 3.79. The molecule has 1 fully saturated rings. The summed E-state index contributed by atoms with van der Waals surface area (Å²) in [5, 5.41) is 5.85. The largest absolute Gasteiger partial charge is 0.459 e. The first-order valence-corrected chi connectivity index (χ1v) is 8.57. The molecule has 0 spiro atoms. The van der Waals surface area contributed by atoms with Crippen LogP contribution in [0.5, 0.6) is 0 Å². The van der Waals surface area contributed by atoms with Gasteiger partial charge in [0.05, 0.1) is 6.26 Å². The average Bonchev–Trinajstić information content (AvgIpc) is 3.11. The number of thiocarbonyl (C=S) groups is 1. The lowest BCUT2D eigenvalue weighted by Gasteiger charge is -2.35. The highest BCUT2D eigenvalue weighted by Gasteiger charge is 2.18. The van der Waals surface area contributed by atoms with Gasteiger partial charge in [-0.05, 0) is 74.8 Å². The second-order valence-electron chi connectivity index (χ2n) is 5.97. The quantitative estimate of drug-likeness (QED) is 0.831. The fourth-order valence-electron chi connectivity index (χ4n) is 2.95. The summed E-state index contributed by atoms with van der Waals surface area (Å²) in [5.74, 6) is -0.134. The average molecular weight is 343 g/mol. The standard InChI is InChI=1S/C18H21N3O2S/c1-13-5-2-3-11-21(13)15-9-7-14(8-10-15)19-18(24)20-17(22)16-6-4-12-23-16/h4,6-10,12-13H,2-3,5,11H2,1H3,(H2,19,20,22,24)/t13-/m1/s1. The number of anilines is 2. The summed E-state index contributed by atoms with van der Waals surface area (Å²) in [7, 11) is 0. The van der Waals surface area contributed by atoms with E-state index in [9.17, 15) is 4.79 Å². The van der Waals surface area contributed by atoms with Gasteiger partial charge in [-0.15, -0.1) is 0 Å². The van der Waals surface area contributed by atoms with Crippen molar-refractivity contribution in [3.05, 3.63) is 48.4 Å². The van der Waals surface area contributed by atoms with E-state index in [-0.39, 0.29) is 16.8 Å². The van der Waals surface area contributed by atoms with Gasteiger partial charge in [-0.2, -0.15) is 0 Å². The highest BCUT2D eigenvalue weighted by atomic mass is 32.1. The lowest BCUT2D eigenvalue weighted by molar-refractivity contribution is 0.0950. The molecule has 6 heteroatoms. The molecule has 2 aromatic rings. The van der Waals surface area contributed by atoms with Crippen molar-refractivity contribution in [3.8, 4) is 0 Å². The number of carbonyl (C=O) groups excluding carboxylic acids is 1. The van der Waals surface area contributed by atoms with Crippen LogP contribution in [0.15, 0.2) is 47.1 Å². The van der Waals surface area contributed by atoms with Crippen molar-refractivity contribution in [2.75, 3.05) is 16.8 Å². The van der Waals surface area contributed by atoms with Crippen molar-refractivity contribution >= 4 is 34.6 Å². The van der Waals surface area contributed by atoms with Crippen LogP contribution in [0.3, 0.4) is 0 Å². The van der Waals surface area contributed by atoms with Gasteiger partial charge in [-0.25, -0.2) is 0 Å². The minimum atomic E-state index is -0.365. The van der Waals surface area contributed by atoms with Crippen molar-refractivity contribution < 1.29 is 9.21 Å². The summed E-state index contributed by atoms with van der Waals surface area (Å²) in [5.41, 5.74) is 2.06. The second-order valence-corrected chi connectivity index (χ2v) is 6.38. The zero-order valence-corrected chi connectivity index (χ0v) is 14.4. The lowest BCUT2D eigenvalue weighted by Crippen LogP contribution is -2.37. The van der Waals surface area contributed by atoms with E-state index < -0.39 is 0 Å². The van der Waals surface area contributed by atoms with Crippen LogP contribution >= 0.6 is 12.2 Å². The van der Waals surface area contributed by atoms with E-state index in [1.54, 1.807) is 12.1 Å². The Morgan fingerprint density at radius 2 is 2.04 bits per heavy atom. The van der Waals surface area contributed by atoms with Gasteiger partial charge in [0.2, 0.25) is 0 Å². The third kappa shape index (κ3) is 3.94. The fraction of sp³-hybridized carbons (Fsp3) is 0.333. The van der Waals surface area contributed by atoms with Crippen molar-refractivity contribution in [1.29, 1.82) is 0 Å². The number of hydrogen-bond acceptors (Lipinski definition) is 4. The van der Waals surface area contributed by atoms with Gasteiger partial charge in [-0.3, -0.25) is 10.1 Å². The summed E-state index contributed by atoms with van der Waals surface area (Å²) in [6.07, 6.45) is 5.24. The Kier molecular flexibility index (Phi) is 5.15. The molecule has 0 bridgehead atoms. The molecule has 3 rings (SSSR count). The third-order valence-corrected chi connectivity index (χ3v) is 4.44. The van der Waals surface area contributed by atoms with E-state index in [0.29, 0.717) is 6.04 Å². The van der Waals surface area contributed by atoms with Gasteiger partial charge >= 0.3 is 0 Å². The van der Waals surface area contributed by atoms with E-state index >= 15 is 0 Å². The van der Waals surface area contributed by atoms with Gasteiger partial charge in [0, 0.05) is 24.0 Å². The monoisotopic (exact) mass is 343 g/mol. The molecule has 2 heterocycles. The maximum atomic E-state index is 11.9. The smallest absolute Gasteiger partial charge is 0.293 e. The highest BCUT2D eigenvalue weighted by molar-refractivity contribution is 7.80. The first-order chi connectivity index (χ1) is 11.6. The van der Waals surface area contributed by atoms with Crippen LogP contribution in [0, 0.1) is 0 Å². The summed E-state index contributed by atoms with van der Waals surface area (Å²) >= 11 is 5.17. The Morgan fingerprint density at radius 1 is 1.25 bits per heavy atom. The molecule has 1 aromatic heterocycles. The molecule has 0 radical (unpaired) electrons. The fourth-order valence-corrected chi connectivity index (χ4v) is 3.16. The van der Waals surface area contributed by atoms with Gasteiger partial charge in [0.15, 0.2) is 10.9 Å². The van der Waals surface area contributed by atoms with E-state index in [2.05, 4.69) is 34.6 Å². The molecule has 1 atom stereocenters. The summed E-state index contributed by atoms with van der Waals surface area (Å²) in [4.78, 5) is 14.3. The summed E-state index contributed by atoms with van der Waals surface area (Å²) in [6, 6.07) is 11.9. The van der Waals surface area contributed by atoms with Crippen LogP contribution in [0.25, 0.3) is 0 Å². The minimum absolute atomic E-state index is 0.230. The van der Waals surface area contributed by atoms with Crippen molar-refractivity contribution in [2.24, 2.45) is 0 Å². The Labute approximate surface area is 147 Å². The zero-order valence-electron chi connectivity index (χ0n) is 13.6. The molecule has 24 heavy (non-hydrogen) atoms. The van der Waals surface area contributed by atoms with Crippen LogP contribution in [0.4, 0.5) is 11.4 Å². The molecular formula is C18H21N3O2S. The maximum absolute atomic E-state index is 11.9. The Balaban J connectivity index is 1.57. The number of benzene rings is 1. The first-order valence-electron chi connectivity index (χ1n) is 8.16. The molecule has 2 N–H and O–H groups in total. The Hall–Kier alpha value is -2.34. The number of hydrogen-bond donors (Lipinski definition) is 2. The number of amides is 1. The highest BCUT2D eigenvalue weighted by Crippen LogP contribution is 2.25. The molecule has 0 aliphatic carbocycles. The number of carbonyl (C=O) groups is 1. The lowest BCUT2D eigenvalue weighted by atomic mass is 10.0. The summed E-state index contributed by atoms with van der Waals surface area (Å²) in [6.45, 7) is 3.37. The van der Waals surface area contributed by atoms with E-state index in [0.717, 1.165) is 12.2 Å². The molecular weight excluding hydrogens is 322 g/mol. The van der Waals surface area contributed by atoms with E-state index in [1.807, 2.05) is 12.1 Å². The normalized spacial score (nSPS) is 17.4. The molecule has 1 amide bonds. The van der Waals surface area contributed by atoms with Crippen molar-refractivity contribution in [1.82, 2.24) is 5.32 Å². The van der Waals surface area contributed by atoms with Gasteiger partial charge in [0.1, 0.15) is 0 Å². The third-order valence-electron chi connectivity index (χ3n) is 4.23. The van der Waals surface area contributed by atoms with Crippen LogP contribution in [-0.2, 0) is 0 Å². The van der Waals surface area contributed by atoms with Crippen LogP contribution in [-0.4, -0.2) is 23.6 Å². The van der Waals surface area contributed by atoms with Gasteiger partial charge < -0.3 is 14.6 Å².